The van der Waals surface area contributed by atoms with Gasteiger partial charge in [0.15, 0.2) is 0 Å². The van der Waals surface area contributed by atoms with E-state index < -0.39 is 5.69 Å². The number of aromatic nitrogens is 2. The van der Waals surface area contributed by atoms with Crippen molar-refractivity contribution < 1.29 is 0 Å². The van der Waals surface area contributed by atoms with Crippen molar-refractivity contribution in [3.8, 4) is 0 Å². The van der Waals surface area contributed by atoms with E-state index in [4.69, 9.17) is 5.73 Å². The Bertz CT molecular complexity index is 546. The van der Waals surface area contributed by atoms with Gasteiger partial charge >= 0.3 is 5.69 Å². The van der Waals surface area contributed by atoms with Gasteiger partial charge in [-0.05, 0) is 39.0 Å². The van der Waals surface area contributed by atoms with Gasteiger partial charge in [-0.2, -0.15) is 4.98 Å². The van der Waals surface area contributed by atoms with E-state index in [2.05, 4.69) is 11.6 Å². The number of rotatable bonds is 3. The average Bonchev–Trinajstić information content (AvgIpc) is 2.26. The lowest BCUT2D eigenvalue weighted by atomic mass is 10.1. The van der Waals surface area contributed by atoms with Crippen molar-refractivity contribution in [2.24, 2.45) is 0 Å². The number of allylic oxidation sites excluding steroid dienone is 5. The molecule has 0 atom stereocenters. The van der Waals surface area contributed by atoms with Crippen LogP contribution in [0, 0.1) is 0 Å². The highest BCUT2D eigenvalue weighted by Crippen LogP contribution is 2.11. The number of hydrogen-bond acceptors (Lipinski definition) is 3. The largest absolute Gasteiger partial charge is 0.383 e. The van der Waals surface area contributed by atoms with Crippen molar-refractivity contribution in [1.82, 2.24) is 9.55 Å². The molecule has 1 aromatic rings. The predicted octanol–water partition coefficient (Wildman–Crippen LogP) is 2.21. The summed E-state index contributed by atoms with van der Waals surface area (Å²) >= 11 is 0. The molecule has 1 aromatic heterocycles. The molecule has 0 saturated carbocycles. The molecule has 0 spiro atoms. The van der Waals surface area contributed by atoms with E-state index in [1.54, 1.807) is 18.3 Å². The van der Waals surface area contributed by atoms with Gasteiger partial charge in [-0.3, -0.25) is 4.57 Å². The van der Waals surface area contributed by atoms with Crippen molar-refractivity contribution in [2.75, 3.05) is 5.73 Å². The number of anilines is 1. The van der Waals surface area contributed by atoms with Crippen LogP contribution in [-0.4, -0.2) is 9.55 Å². The van der Waals surface area contributed by atoms with Gasteiger partial charge in [0.1, 0.15) is 5.82 Å². The summed E-state index contributed by atoms with van der Waals surface area (Å²) in [6, 6.07) is 1.58. The first-order chi connectivity index (χ1) is 7.95. The molecule has 0 saturated heterocycles. The molecular formula is C13H17N3O. The van der Waals surface area contributed by atoms with Crippen LogP contribution in [0.2, 0.25) is 0 Å². The predicted molar refractivity (Wildman–Crippen MR) is 71.4 cm³/mol. The SMILES string of the molecule is C=C/C(=C\C(C)=C(C)C)n1ccc(N)nc1=O. The molecule has 17 heavy (non-hydrogen) atoms. The maximum atomic E-state index is 11.7. The summed E-state index contributed by atoms with van der Waals surface area (Å²) in [6.07, 6.45) is 5.10. The first-order valence-electron chi connectivity index (χ1n) is 5.29. The van der Waals surface area contributed by atoms with Crippen molar-refractivity contribution >= 4 is 11.5 Å². The maximum Gasteiger partial charge on any atom is 0.354 e. The zero-order valence-electron chi connectivity index (χ0n) is 10.4. The monoisotopic (exact) mass is 231 g/mol. The second-order valence-electron chi connectivity index (χ2n) is 3.96. The van der Waals surface area contributed by atoms with Gasteiger partial charge in [-0.1, -0.05) is 17.7 Å². The Morgan fingerprint density at radius 2 is 2.12 bits per heavy atom. The van der Waals surface area contributed by atoms with E-state index in [1.807, 2.05) is 26.8 Å². The maximum absolute atomic E-state index is 11.7. The van der Waals surface area contributed by atoms with Gasteiger partial charge in [-0.15, -0.1) is 0 Å². The third kappa shape index (κ3) is 3.17. The van der Waals surface area contributed by atoms with Gasteiger partial charge in [0, 0.05) is 11.9 Å². The van der Waals surface area contributed by atoms with Crippen LogP contribution in [0.15, 0.2) is 46.9 Å². The van der Waals surface area contributed by atoms with E-state index in [0.717, 1.165) is 5.57 Å². The van der Waals surface area contributed by atoms with Crippen LogP contribution in [0.3, 0.4) is 0 Å². The Hall–Kier alpha value is -2.10. The lowest BCUT2D eigenvalue weighted by molar-refractivity contribution is 0.945. The second kappa shape index (κ2) is 5.30. The fourth-order valence-corrected chi connectivity index (χ4v) is 1.21. The van der Waals surface area contributed by atoms with Crippen LogP contribution in [0.25, 0.3) is 5.70 Å². The fourth-order valence-electron chi connectivity index (χ4n) is 1.21. The minimum Gasteiger partial charge on any atom is -0.383 e. The molecule has 0 amide bonds. The first kappa shape index (κ1) is 13.0. The van der Waals surface area contributed by atoms with E-state index >= 15 is 0 Å². The summed E-state index contributed by atoms with van der Waals surface area (Å²) in [5, 5.41) is 0. The van der Waals surface area contributed by atoms with Gasteiger partial charge < -0.3 is 5.73 Å². The van der Waals surface area contributed by atoms with E-state index in [-0.39, 0.29) is 5.82 Å². The number of nitrogens with zero attached hydrogens (tertiary/aromatic N) is 2. The summed E-state index contributed by atoms with van der Waals surface area (Å²) in [4.78, 5) is 15.3. The molecule has 4 nitrogen and oxygen atoms in total. The molecule has 1 rings (SSSR count). The summed E-state index contributed by atoms with van der Waals surface area (Å²) < 4.78 is 1.41. The van der Waals surface area contributed by atoms with Gasteiger partial charge in [0.2, 0.25) is 0 Å². The third-order valence-corrected chi connectivity index (χ3v) is 2.47. The molecule has 0 aliphatic carbocycles. The Morgan fingerprint density at radius 1 is 1.47 bits per heavy atom. The number of hydrogen-bond donors (Lipinski definition) is 1. The average molecular weight is 231 g/mol. The highest BCUT2D eigenvalue weighted by atomic mass is 16.1. The standard InChI is InChI=1S/C13H17N3O/c1-5-11(8-10(4)9(2)3)16-7-6-12(14)15-13(16)17/h5-8H,1H2,2-4H3,(H2,14,15,17)/b11-8+. The smallest absolute Gasteiger partial charge is 0.354 e. The Kier molecular flexibility index (Phi) is 4.04. The number of nitrogens with two attached hydrogens (primary N) is 1. The first-order valence-corrected chi connectivity index (χ1v) is 5.29. The third-order valence-electron chi connectivity index (χ3n) is 2.47. The molecule has 1 heterocycles. The summed E-state index contributed by atoms with van der Waals surface area (Å²) in [6.45, 7) is 9.71. The van der Waals surface area contributed by atoms with Crippen LogP contribution in [-0.2, 0) is 0 Å². The van der Waals surface area contributed by atoms with Gasteiger partial charge in [0.25, 0.3) is 0 Å². The molecule has 0 aliphatic heterocycles. The summed E-state index contributed by atoms with van der Waals surface area (Å²) in [7, 11) is 0. The Morgan fingerprint density at radius 3 is 2.59 bits per heavy atom. The minimum absolute atomic E-state index is 0.216. The molecule has 0 aromatic carbocycles. The summed E-state index contributed by atoms with van der Waals surface area (Å²) in [5.41, 5.74) is 7.98. The fraction of sp³-hybridized carbons (Fsp3) is 0.231. The van der Waals surface area contributed by atoms with E-state index in [0.29, 0.717) is 5.70 Å². The molecule has 90 valence electrons. The van der Waals surface area contributed by atoms with Crippen molar-refractivity contribution in [1.29, 1.82) is 0 Å². The zero-order chi connectivity index (χ0) is 13.0. The van der Waals surface area contributed by atoms with Crippen LogP contribution >= 0.6 is 0 Å². The minimum atomic E-state index is -0.405. The molecule has 0 aliphatic rings. The normalized spacial score (nSPS) is 11.1. The van der Waals surface area contributed by atoms with Crippen molar-refractivity contribution in [3.63, 3.8) is 0 Å². The van der Waals surface area contributed by atoms with Crippen molar-refractivity contribution in [3.05, 3.63) is 52.6 Å². The Balaban J connectivity index is 3.34. The van der Waals surface area contributed by atoms with E-state index in [1.165, 1.54) is 10.1 Å². The lowest BCUT2D eigenvalue weighted by Crippen LogP contribution is -2.22. The van der Waals surface area contributed by atoms with Crippen LogP contribution < -0.4 is 11.4 Å². The molecule has 0 unspecified atom stereocenters. The molecule has 0 radical (unpaired) electrons. The van der Waals surface area contributed by atoms with E-state index in [9.17, 15) is 4.79 Å². The second-order valence-corrected chi connectivity index (χ2v) is 3.96. The Labute approximate surface area is 101 Å². The molecule has 2 N–H and O–H groups in total. The zero-order valence-corrected chi connectivity index (χ0v) is 10.4. The molecule has 4 heteroatoms. The topological polar surface area (TPSA) is 60.9 Å². The summed E-state index contributed by atoms with van der Waals surface area (Å²) in [5.74, 6) is 0.216. The molecular weight excluding hydrogens is 214 g/mol. The number of nitrogen functional groups attached to an aromatic ring is 1. The molecule has 0 fully saturated rings. The van der Waals surface area contributed by atoms with Crippen LogP contribution in [0.4, 0.5) is 5.82 Å². The van der Waals surface area contributed by atoms with Crippen LogP contribution in [0.1, 0.15) is 20.8 Å². The quantitative estimate of drug-likeness (QED) is 0.811. The van der Waals surface area contributed by atoms with Crippen LogP contribution in [0.5, 0.6) is 0 Å². The highest BCUT2D eigenvalue weighted by Gasteiger charge is 2.01. The lowest BCUT2D eigenvalue weighted by Gasteiger charge is -2.07. The van der Waals surface area contributed by atoms with Gasteiger partial charge in [-0.25, -0.2) is 4.79 Å². The van der Waals surface area contributed by atoms with Gasteiger partial charge in [0.05, 0.1) is 0 Å². The van der Waals surface area contributed by atoms with Crippen molar-refractivity contribution in [2.45, 2.75) is 20.8 Å². The highest BCUT2D eigenvalue weighted by molar-refractivity contribution is 5.60. The molecule has 0 bridgehead atoms.